The number of nitrogens with one attached hydrogen (secondary N) is 1. The first-order valence-electron chi connectivity index (χ1n) is 6.18. The van der Waals surface area contributed by atoms with Gasteiger partial charge in [0.1, 0.15) is 12.0 Å². The molecule has 0 radical (unpaired) electrons. The van der Waals surface area contributed by atoms with Crippen LogP contribution in [0.3, 0.4) is 0 Å². The molecule has 0 bridgehead atoms. The van der Waals surface area contributed by atoms with E-state index >= 15 is 0 Å². The third-order valence-corrected chi connectivity index (χ3v) is 3.05. The van der Waals surface area contributed by atoms with Crippen molar-refractivity contribution in [2.45, 2.75) is 25.0 Å². The molecule has 7 heteroatoms. The zero-order valence-corrected chi connectivity index (χ0v) is 10.7. The van der Waals surface area contributed by atoms with Crippen molar-refractivity contribution in [3.05, 3.63) is 28.4 Å². The minimum atomic E-state index is -0.469. The fourth-order valence-electron chi connectivity index (χ4n) is 2.11. The third kappa shape index (κ3) is 3.62. The summed E-state index contributed by atoms with van der Waals surface area (Å²) in [6.07, 6.45) is 3.35. The Balaban J connectivity index is 2.01. The smallest absolute Gasteiger partial charge is 0.287 e. The summed E-state index contributed by atoms with van der Waals surface area (Å²) in [7, 11) is 1.63. The molecule has 1 aliphatic rings. The number of pyridine rings is 1. The van der Waals surface area contributed by atoms with Crippen LogP contribution in [0, 0.1) is 10.1 Å². The molecule has 1 aromatic heterocycles. The van der Waals surface area contributed by atoms with Crippen molar-refractivity contribution in [3.8, 4) is 0 Å². The van der Waals surface area contributed by atoms with Gasteiger partial charge in [0.05, 0.1) is 23.7 Å². The molecule has 0 spiro atoms. The van der Waals surface area contributed by atoms with Gasteiger partial charge < -0.3 is 14.8 Å². The fourth-order valence-corrected chi connectivity index (χ4v) is 2.11. The quantitative estimate of drug-likeness (QED) is 0.622. The van der Waals surface area contributed by atoms with Gasteiger partial charge in [-0.1, -0.05) is 0 Å². The van der Waals surface area contributed by atoms with Gasteiger partial charge >= 0.3 is 0 Å². The SMILES string of the molecule is COC[C@H](Nc1ccc([N+](=O)[O-])cn1)[C@@H]1CCCO1. The van der Waals surface area contributed by atoms with E-state index in [0.29, 0.717) is 12.4 Å². The lowest BCUT2D eigenvalue weighted by Gasteiger charge is -2.23. The molecule has 0 aromatic carbocycles. The van der Waals surface area contributed by atoms with Crippen molar-refractivity contribution in [2.75, 3.05) is 25.6 Å². The highest BCUT2D eigenvalue weighted by atomic mass is 16.6. The number of nitro groups is 1. The van der Waals surface area contributed by atoms with Crippen LogP contribution in [0.25, 0.3) is 0 Å². The summed E-state index contributed by atoms with van der Waals surface area (Å²) in [5, 5.41) is 13.8. The summed E-state index contributed by atoms with van der Waals surface area (Å²) in [6.45, 7) is 1.27. The summed E-state index contributed by atoms with van der Waals surface area (Å²) >= 11 is 0. The number of hydrogen-bond acceptors (Lipinski definition) is 6. The topological polar surface area (TPSA) is 86.5 Å². The molecule has 1 saturated heterocycles. The van der Waals surface area contributed by atoms with E-state index in [2.05, 4.69) is 10.3 Å². The van der Waals surface area contributed by atoms with E-state index in [0.717, 1.165) is 19.4 Å². The summed E-state index contributed by atoms with van der Waals surface area (Å²) in [6, 6.07) is 3.02. The van der Waals surface area contributed by atoms with E-state index in [4.69, 9.17) is 9.47 Å². The van der Waals surface area contributed by atoms with E-state index < -0.39 is 4.92 Å². The molecule has 2 atom stereocenters. The first-order chi connectivity index (χ1) is 9.20. The summed E-state index contributed by atoms with van der Waals surface area (Å²) in [4.78, 5) is 14.1. The molecule has 2 rings (SSSR count). The number of methoxy groups -OCH3 is 1. The maximum absolute atomic E-state index is 10.6. The van der Waals surface area contributed by atoms with Crippen LogP contribution in [0.4, 0.5) is 11.5 Å². The van der Waals surface area contributed by atoms with Crippen molar-refractivity contribution in [1.82, 2.24) is 4.98 Å². The number of rotatable bonds is 6. The predicted molar refractivity (Wildman–Crippen MR) is 69.2 cm³/mol. The molecule has 0 saturated carbocycles. The van der Waals surface area contributed by atoms with E-state index in [1.807, 2.05) is 0 Å². The van der Waals surface area contributed by atoms with Crippen LogP contribution in [0.15, 0.2) is 18.3 Å². The van der Waals surface area contributed by atoms with Gasteiger partial charge in [-0.2, -0.15) is 0 Å². The lowest BCUT2D eigenvalue weighted by atomic mass is 10.1. The second-order valence-electron chi connectivity index (χ2n) is 4.42. The van der Waals surface area contributed by atoms with Crippen molar-refractivity contribution >= 4 is 11.5 Å². The largest absolute Gasteiger partial charge is 0.382 e. The molecule has 1 N–H and O–H groups in total. The van der Waals surface area contributed by atoms with Gasteiger partial charge in [0.25, 0.3) is 5.69 Å². The Hall–Kier alpha value is -1.73. The lowest BCUT2D eigenvalue weighted by molar-refractivity contribution is -0.385. The highest BCUT2D eigenvalue weighted by molar-refractivity contribution is 5.41. The van der Waals surface area contributed by atoms with E-state index in [9.17, 15) is 10.1 Å². The predicted octanol–water partition coefficient (Wildman–Crippen LogP) is 1.60. The van der Waals surface area contributed by atoms with Crippen molar-refractivity contribution in [1.29, 1.82) is 0 Å². The number of aromatic nitrogens is 1. The molecular formula is C12H17N3O4. The normalized spacial score (nSPS) is 20.2. The van der Waals surface area contributed by atoms with Crippen LogP contribution in [0.5, 0.6) is 0 Å². The van der Waals surface area contributed by atoms with Gasteiger partial charge in [0.2, 0.25) is 0 Å². The molecule has 7 nitrogen and oxygen atoms in total. The summed E-state index contributed by atoms with van der Waals surface area (Å²) < 4.78 is 10.8. The highest BCUT2D eigenvalue weighted by Gasteiger charge is 2.26. The van der Waals surface area contributed by atoms with Gasteiger partial charge in [-0.25, -0.2) is 4.98 Å². The minimum absolute atomic E-state index is 0.00135. The van der Waals surface area contributed by atoms with Crippen molar-refractivity contribution in [3.63, 3.8) is 0 Å². The maximum atomic E-state index is 10.6. The molecule has 1 fully saturated rings. The first-order valence-corrected chi connectivity index (χ1v) is 6.18. The zero-order valence-electron chi connectivity index (χ0n) is 10.7. The molecule has 1 aromatic rings. The van der Waals surface area contributed by atoms with Crippen molar-refractivity contribution in [2.24, 2.45) is 0 Å². The Kier molecular flexibility index (Phi) is 4.64. The molecule has 2 heterocycles. The first kappa shape index (κ1) is 13.7. The Morgan fingerprint density at radius 3 is 3.05 bits per heavy atom. The molecule has 19 heavy (non-hydrogen) atoms. The number of hydrogen-bond donors (Lipinski definition) is 1. The van der Waals surface area contributed by atoms with Crippen molar-refractivity contribution < 1.29 is 14.4 Å². The molecule has 0 aliphatic carbocycles. The molecule has 104 valence electrons. The number of ether oxygens (including phenoxy) is 2. The van der Waals surface area contributed by atoms with Crippen LogP contribution in [0.2, 0.25) is 0 Å². The van der Waals surface area contributed by atoms with E-state index in [-0.39, 0.29) is 17.8 Å². The molecule has 1 aliphatic heterocycles. The van der Waals surface area contributed by atoms with Crippen LogP contribution in [-0.4, -0.2) is 42.4 Å². The fraction of sp³-hybridized carbons (Fsp3) is 0.583. The summed E-state index contributed by atoms with van der Waals surface area (Å²) in [5.41, 5.74) is -0.0223. The lowest BCUT2D eigenvalue weighted by Crippen LogP contribution is -2.37. The number of anilines is 1. The Morgan fingerprint density at radius 1 is 1.68 bits per heavy atom. The average Bonchev–Trinajstić information content (AvgIpc) is 2.92. The van der Waals surface area contributed by atoms with Gasteiger partial charge in [-0.15, -0.1) is 0 Å². The zero-order chi connectivity index (χ0) is 13.7. The van der Waals surface area contributed by atoms with Crippen LogP contribution >= 0.6 is 0 Å². The van der Waals surface area contributed by atoms with Gasteiger partial charge in [0.15, 0.2) is 0 Å². The van der Waals surface area contributed by atoms with Gasteiger partial charge in [0, 0.05) is 19.8 Å². The Morgan fingerprint density at radius 2 is 2.53 bits per heavy atom. The number of nitrogens with zero attached hydrogens (tertiary/aromatic N) is 2. The Labute approximate surface area is 111 Å². The Bertz CT molecular complexity index is 417. The van der Waals surface area contributed by atoms with E-state index in [1.54, 1.807) is 13.2 Å². The van der Waals surface area contributed by atoms with Crippen LogP contribution in [0.1, 0.15) is 12.8 Å². The highest BCUT2D eigenvalue weighted by Crippen LogP contribution is 2.19. The standard InChI is InChI=1S/C12H17N3O4/c1-18-8-10(11-3-2-6-19-11)14-12-5-4-9(7-13-12)15(16)17/h4-5,7,10-11H,2-3,6,8H2,1H3,(H,13,14)/t10-,11-/m0/s1. The van der Waals surface area contributed by atoms with Crippen LogP contribution in [-0.2, 0) is 9.47 Å². The third-order valence-electron chi connectivity index (χ3n) is 3.05. The summed E-state index contributed by atoms with van der Waals surface area (Å²) in [5.74, 6) is 0.586. The second kappa shape index (κ2) is 6.44. The monoisotopic (exact) mass is 267 g/mol. The van der Waals surface area contributed by atoms with E-state index in [1.165, 1.54) is 12.3 Å². The van der Waals surface area contributed by atoms with Gasteiger partial charge in [-0.3, -0.25) is 10.1 Å². The minimum Gasteiger partial charge on any atom is -0.382 e. The molecule has 0 amide bonds. The second-order valence-corrected chi connectivity index (χ2v) is 4.42. The average molecular weight is 267 g/mol. The van der Waals surface area contributed by atoms with Gasteiger partial charge in [-0.05, 0) is 18.9 Å². The van der Waals surface area contributed by atoms with Crippen LogP contribution < -0.4 is 5.32 Å². The molecular weight excluding hydrogens is 250 g/mol. The molecule has 0 unspecified atom stereocenters. The maximum Gasteiger partial charge on any atom is 0.287 e.